The molecule has 4 heteroatoms. The summed E-state index contributed by atoms with van der Waals surface area (Å²) in [6.07, 6.45) is 3.21. The number of aromatic nitrogens is 1. The van der Waals surface area contributed by atoms with E-state index in [0.29, 0.717) is 18.7 Å². The van der Waals surface area contributed by atoms with E-state index in [1.54, 1.807) is 24.5 Å². The molecule has 1 saturated heterocycles. The quantitative estimate of drug-likeness (QED) is 0.850. The molecular formula is C17H18N2O2. The summed E-state index contributed by atoms with van der Waals surface area (Å²) in [6, 6.07) is 13.6. The summed E-state index contributed by atoms with van der Waals surface area (Å²) in [4.78, 5) is 18.5. The van der Waals surface area contributed by atoms with Crippen LogP contribution in [0.15, 0.2) is 54.9 Å². The van der Waals surface area contributed by atoms with Gasteiger partial charge in [-0.05, 0) is 24.6 Å². The van der Waals surface area contributed by atoms with E-state index >= 15 is 0 Å². The van der Waals surface area contributed by atoms with Gasteiger partial charge in [0.1, 0.15) is 6.10 Å². The third-order valence-electron chi connectivity index (χ3n) is 3.88. The molecule has 0 saturated carbocycles. The van der Waals surface area contributed by atoms with Gasteiger partial charge in [0.15, 0.2) is 0 Å². The van der Waals surface area contributed by atoms with E-state index in [4.69, 9.17) is 4.74 Å². The Kier molecular flexibility index (Phi) is 3.97. The topological polar surface area (TPSA) is 42.4 Å². The number of pyridine rings is 1. The van der Waals surface area contributed by atoms with Crippen molar-refractivity contribution in [3.05, 3.63) is 66.0 Å². The van der Waals surface area contributed by atoms with Crippen molar-refractivity contribution >= 4 is 5.91 Å². The smallest absolute Gasteiger partial charge is 0.254 e. The molecule has 1 aliphatic heterocycles. The van der Waals surface area contributed by atoms with Crippen LogP contribution in [0.2, 0.25) is 0 Å². The van der Waals surface area contributed by atoms with Gasteiger partial charge < -0.3 is 9.64 Å². The number of carbonyl (C=O) groups excluding carboxylic acids is 1. The Hall–Kier alpha value is -2.20. The summed E-state index contributed by atoms with van der Waals surface area (Å²) in [7, 11) is 0. The highest BCUT2D eigenvalue weighted by Crippen LogP contribution is 2.29. The summed E-state index contributed by atoms with van der Waals surface area (Å²) in [5.41, 5.74) is 1.78. The van der Waals surface area contributed by atoms with Crippen LogP contribution in [0, 0.1) is 0 Å². The fourth-order valence-electron chi connectivity index (χ4n) is 2.75. The van der Waals surface area contributed by atoms with Gasteiger partial charge in [0, 0.05) is 24.5 Å². The van der Waals surface area contributed by atoms with Gasteiger partial charge in [-0.25, -0.2) is 0 Å². The van der Waals surface area contributed by atoms with E-state index in [1.807, 2.05) is 42.2 Å². The second-order valence-electron chi connectivity index (χ2n) is 5.18. The first-order chi connectivity index (χ1) is 10.3. The van der Waals surface area contributed by atoms with E-state index < -0.39 is 0 Å². The van der Waals surface area contributed by atoms with E-state index in [0.717, 1.165) is 5.56 Å². The number of amides is 1. The zero-order valence-corrected chi connectivity index (χ0v) is 12.0. The molecule has 3 rings (SSSR count). The van der Waals surface area contributed by atoms with Gasteiger partial charge in [-0.1, -0.05) is 30.3 Å². The first-order valence-electron chi connectivity index (χ1n) is 7.15. The van der Waals surface area contributed by atoms with E-state index in [9.17, 15) is 4.79 Å². The van der Waals surface area contributed by atoms with Gasteiger partial charge >= 0.3 is 0 Å². The van der Waals surface area contributed by atoms with Crippen LogP contribution in [0.4, 0.5) is 0 Å². The molecule has 0 N–H and O–H groups in total. The molecule has 2 heterocycles. The molecular weight excluding hydrogens is 264 g/mol. The highest BCUT2D eigenvalue weighted by Gasteiger charge is 2.33. The van der Waals surface area contributed by atoms with Crippen molar-refractivity contribution in [1.82, 2.24) is 9.88 Å². The average Bonchev–Trinajstić information content (AvgIpc) is 2.56. The molecule has 1 aliphatic rings. The Morgan fingerprint density at radius 2 is 1.90 bits per heavy atom. The minimum atomic E-state index is -0.0780. The molecule has 21 heavy (non-hydrogen) atoms. The van der Waals surface area contributed by atoms with Gasteiger partial charge in [0.25, 0.3) is 5.91 Å². The van der Waals surface area contributed by atoms with Crippen molar-refractivity contribution in [3.8, 4) is 0 Å². The average molecular weight is 282 g/mol. The number of ether oxygens (including phenoxy) is 1. The van der Waals surface area contributed by atoms with Gasteiger partial charge in [-0.15, -0.1) is 0 Å². The summed E-state index contributed by atoms with van der Waals surface area (Å²) >= 11 is 0. The van der Waals surface area contributed by atoms with Crippen LogP contribution in [0.5, 0.6) is 0 Å². The van der Waals surface area contributed by atoms with Crippen LogP contribution in [-0.2, 0) is 4.74 Å². The Labute approximate surface area is 124 Å². The third kappa shape index (κ3) is 2.81. The molecule has 2 atom stereocenters. The molecule has 1 aromatic heterocycles. The standard InChI is InChI=1S/C17H18N2O2/c1-13-16(14-5-3-2-4-6-14)21-12-11-19(13)17(20)15-7-9-18-10-8-15/h2-10,13,16H,11-12H2,1H3. The largest absolute Gasteiger partial charge is 0.370 e. The van der Waals surface area contributed by atoms with Crippen LogP contribution in [0.3, 0.4) is 0 Å². The maximum absolute atomic E-state index is 12.6. The van der Waals surface area contributed by atoms with Crippen molar-refractivity contribution in [1.29, 1.82) is 0 Å². The highest BCUT2D eigenvalue weighted by molar-refractivity contribution is 5.94. The second kappa shape index (κ2) is 6.06. The van der Waals surface area contributed by atoms with Crippen molar-refractivity contribution in [3.63, 3.8) is 0 Å². The predicted octanol–water partition coefficient (Wildman–Crippen LogP) is 2.68. The number of benzene rings is 1. The molecule has 1 aromatic carbocycles. The lowest BCUT2D eigenvalue weighted by atomic mass is 10.00. The number of hydrogen-bond donors (Lipinski definition) is 0. The van der Waals surface area contributed by atoms with Crippen molar-refractivity contribution in [2.75, 3.05) is 13.2 Å². The van der Waals surface area contributed by atoms with Crippen LogP contribution in [-0.4, -0.2) is 35.0 Å². The van der Waals surface area contributed by atoms with Crippen molar-refractivity contribution in [2.45, 2.75) is 19.1 Å². The SMILES string of the molecule is CC1C(c2ccccc2)OCCN1C(=O)c1ccncc1. The number of morpholine rings is 1. The number of rotatable bonds is 2. The molecule has 0 spiro atoms. The molecule has 0 bridgehead atoms. The van der Waals surface area contributed by atoms with Crippen LogP contribution >= 0.6 is 0 Å². The molecule has 2 unspecified atom stereocenters. The van der Waals surface area contributed by atoms with Gasteiger partial charge in [-0.3, -0.25) is 9.78 Å². The molecule has 4 nitrogen and oxygen atoms in total. The van der Waals surface area contributed by atoms with E-state index in [2.05, 4.69) is 4.98 Å². The summed E-state index contributed by atoms with van der Waals surface area (Å²) in [5, 5.41) is 0. The molecule has 1 amide bonds. The van der Waals surface area contributed by atoms with E-state index in [1.165, 1.54) is 0 Å². The number of hydrogen-bond acceptors (Lipinski definition) is 3. The van der Waals surface area contributed by atoms with Crippen LogP contribution in [0.25, 0.3) is 0 Å². The Bertz CT molecular complexity index is 601. The fraction of sp³-hybridized carbons (Fsp3) is 0.294. The Morgan fingerprint density at radius 1 is 1.19 bits per heavy atom. The Morgan fingerprint density at radius 3 is 2.62 bits per heavy atom. The first kappa shape index (κ1) is 13.8. The van der Waals surface area contributed by atoms with Crippen LogP contribution in [0.1, 0.15) is 28.9 Å². The molecule has 0 radical (unpaired) electrons. The normalized spacial score (nSPS) is 22.0. The maximum atomic E-state index is 12.6. The number of carbonyl (C=O) groups is 1. The summed E-state index contributed by atoms with van der Waals surface area (Å²) < 4.78 is 5.89. The lowest BCUT2D eigenvalue weighted by Gasteiger charge is -2.39. The minimum absolute atomic E-state index is 0.00168. The highest BCUT2D eigenvalue weighted by atomic mass is 16.5. The van der Waals surface area contributed by atoms with Gasteiger partial charge in [0.05, 0.1) is 12.6 Å². The number of nitrogens with zero attached hydrogens (tertiary/aromatic N) is 2. The zero-order valence-electron chi connectivity index (χ0n) is 12.0. The fourth-order valence-corrected chi connectivity index (χ4v) is 2.75. The van der Waals surface area contributed by atoms with Gasteiger partial charge in [-0.2, -0.15) is 0 Å². The summed E-state index contributed by atoms with van der Waals surface area (Å²) in [5.74, 6) is 0.0362. The molecule has 0 aliphatic carbocycles. The van der Waals surface area contributed by atoms with Crippen molar-refractivity contribution in [2.24, 2.45) is 0 Å². The lowest BCUT2D eigenvalue weighted by molar-refractivity contribution is -0.0551. The molecule has 2 aromatic rings. The minimum Gasteiger partial charge on any atom is -0.370 e. The van der Waals surface area contributed by atoms with Crippen LogP contribution < -0.4 is 0 Å². The van der Waals surface area contributed by atoms with Gasteiger partial charge in [0.2, 0.25) is 0 Å². The van der Waals surface area contributed by atoms with E-state index in [-0.39, 0.29) is 18.1 Å². The molecule has 108 valence electrons. The lowest BCUT2D eigenvalue weighted by Crippen LogP contribution is -2.48. The first-order valence-corrected chi connectivity index (χ1v) is 7.15. The monoisotopic (exact) mass is 282 g/mol. The Balaban J connectivity index is 1.82. The second-order valence-corrected chi connectivity index (χ2v) is 5.18. The van der Waals surface area contributed by atoms with Crippen molar-refractivity contribution < 1.29 is 9.53 Å². The molecule has 1 fully saturated rings. The summed E-state index contributed by atoms with van der Waals surface area (Å²) in [6.45, 7) is 3.21. The maximum Gasteiger partial charge on any atom is 0.254 e. The third-order valence-corrected chi connectivity index (χ3v) is 3.88. The predicted molar refractivity (Wildman–Crippen MR) is 79.9 cm³/mol. The zero-order chi connectivity index (χ0) is 14.7.